The largest absolute Gasteiger partial charge is 0.382 e. The molecule has 2 aromatic heterocycles. The first-order chi connectivity index (χ1) is 8.31. The molecule has 3 rings (SSSR count). The Morgan fingerprint density at radius 2 is 2.06 bits per heavy atom. The molecule has 1 aromatic carbocycles. The summed E-state index contributed by atoms with van der Waals surface area (Å²) in [4.78, 5) is 12.3. The van der Waals surface area contributed by atoms with Crippen LogP contribution in [0.4, 0.5) is 17.3 Å². The summed E-state index contributed by atoms with van der Waals surface area (Å²) in [6.07, 6.45) is 3.12. The Kier molecular flexibility index (Phi) is 2.34. The first-order valence-corrected chi connectivity index (χ1v) is 5.87. The van der Waals surface area contributed by atoms with E-state index in [2.05, 4.69) is 20.3 Å². The molecular weight excluding hydrogens is 234 g/mol. The molecule has 3 N–H and O–H groups in total. The molecule has 0 aliphatic heterocycles. The van der Waals surface area contributed by atoms with Crippen LogP contribution in [0.3, 0.4) is 0 Å². The summed E-state index contributed by atoms with van der Waals surface area (Å²) in [5.74, 6) is 1.08. The molecule has 0 fully saturated rings. The minimum Gasteiger partial charge on any atom is -0.382 e. The number of hydrogen-bond acceptors (Lipinski definition) is 6. The molecule has 0 aliphatic carbocycles. The molecule has 0 atom stereocenters. The highest BCUT2D eigenvalue weighted by Crippen LogP contribution is 2.23. The SMILES string of the molecule is Nc1cnc(Nc2ccc3ncsc3c2)cn1. The maximum Gasteiger partial charge on any atom is 0.149 e. The number of nitrogen functional groups attached to an aromatic ring is 1. The second kappa shape index (κ2) is 3.99. The van der Waals surface area contributed by atoms with Crippen molar-refractivity contribution in [3.63, 3.8) is 0 Å². The van der Waals surface area contributed by atoms with Crippen molar-refractivity contribution in [1.29, 1.82) is 0 Å². The van der Waals surface area contributed by atoms with Gasteiger partial charge in [-0.25, -0.2) is 15.0 Å². The van der Waals surface area contributed by atoms with Crippen LogP contribution in [0.15, 0.2) is 36.1 Å². The van der Waals surface area contributed by atoms with Gasteiger partial charge in [-0.2, -0.15) is 0 Å². The molecule has 0 saturated carbocycles. The fraction of sp³-hybridized carbons (Fsp3) is 0. The van der Waals surface area contributed by atoms with Crippen LogP contribution in [0, 0.1) is 0 Å². The normalized spacial score (nSPS) is 10.6. The molecule has 0 aliphatic rings. The van der Waals surface area contributed by atoms with E-state index in [0.29, 0.717) is 11.6 Å². The van der Waals surface area contributed by atoms with E-state index in [9.17, 15) is 0 Å². The van der Waals surface area contributed by atoms with Crippen molar-refractivity contribution >= 4 is 38.9 Å². The third-order valence-electron chi connectivity index (χ3n) is 2.28. The highest BCUT2D eigenvalue weighted by Gasteiger charge is 2.00. The molecule has 0 spiro atoms. The molecule has 0 saturated heterocycles. The van der Waals surface area contributed by atoms with E-state index < -0.39 is 0 Å². The minimum atomic E-state index is 0.411. The number of thiazole rings is 1. The molecule has 2 heterocycles. The van der Waals surface area contributed by atoms with E-state index in [-0.39, 0.29) is 0 Å². The van der Waals surface area contributed by atoms with E-state index in [4.69, 9.17) is 5.73 Å². The Morgan fingerprint density at radius 1 is 1.12 bits per heavy atom. The fourth-order valence-corrected chi connectivity index (χ4v) is 2.20. The van der Waals surface area contributed by atoms with Crippen LogP contribution >= 0.6 is 11.3 Å². The summed E-state index contributed by atoms with van der Waals surface area (Å²) in [6, 6.07) is 5.96. The topological polar surface area (TPSA) is 76.7 Å². The number of nitrogens with one attached hydrogen (secondary N) is 1. The predicted molar refractivity (Wildman–Crippen MR) is 69.3 cm³/mol. The van der Waals surface area contributed by atoms with Gasteiger partial charge in [-0.3, -0.25) is 0 Å². The first-order valence-electron chi connectivity index (χ1n) is 4.99. The highest BCUT2D eigenvalue weighted by atomic mass is 32.1. The fourth-order valence-electron chi connectivity index (χ4n) is 1.48. The lowest BCUT2D eigenvalue weighted by atomic mass is 10.3. The number of nitrogens with two attached hydrogens (primary N) is 1. The summed E-state index contributed by atoms with van der Waals surface area (Å²) < 4.78 is 1.14. The van der Waals surface area contributed by atoms with E-state index >= 15 is 0 Å². The van der Waals surface area contributed by atoms with Crippen molar-refractivity contribution in [3.8, 4) is 0 Å². The van der Waals surface area contributed by atoms with Crippen LogP contribution in [0.5, 0.6) is 0 Å². The van der Waals surface area contributed by atoms with Gasteiger partial charge in [0.05, 0.1) is 28.1 Å². The molecule has 0 unspecified atom stereocenters. The van der Waals surface area contributed by atoms with Crippen LogP contribution in [0.2, 0.25) is 0 Å². The van der Waals surface area contributed by atoms with E-state index in [1.807, 2.05) is 23.7 Å². The number of rotatable bonds is 2. The summed E-state index contributed by atoms with van der Waals surface area (Å²) in [6.45, 7) is 0. The van der Waals surface area contributed by atoms with Crippen LogP contribution in [0.25, 0.3) is 10.2 Å². The van der Waals surface area contributed by atoms with Crippen molar-refractivity contribution in [2.45, 2.75) is 0 Å². The number of benzene rings is 1. The van der Waals surface area contributed by atoms with E-state index in [0.717, 1.165) is 15.9 Å². The van der Waals surface area contributed by atoms with Crippen LogP contribution < -0.4 is 11.1 Å². The Morgan fingerprint density at radius 3 is 2.88 bits per heavy atom. The lowest BCUT2D eigenvalue weighted by molar-refractivity contribution is 1.21. The Bertz CT molecular complexity index is 646. The zero-order valence-corrected chi connectivity index (χ0v) is 9.61. The molecule has 84 valence electrons. The quantitative estimate of drug-likeness (QED) is 0.722. The average Bonchev–Trinajstić information content (AvgIpc) is 2.79. The second-order valence-electron chi connectivity index (χ2n) is 3.49. The van der Waals surface area contributed by atoms with Crippen molar-refractivity contribution in [2.75, 3.05) is 11.1 Å². The smallest absolute Gasteiger partial charge is 0.149 e. The van der Waals surface area contributed by atoms with Crippen LogP contribution in [-0.4, -0.2) is 15.0 Å². The summed E-state index contributed by atoms with van der Waals surface area (Å²) >= 11 is 1.61. The molecule has 0 radical (unpaired) electrons. The summed E-state index contributed by atoms with van der Waals surface area (Å²) in [5.41, 5.74) is 9.27. The molecule has 6 heteroatoms. The molecule has 17 heavy (non-hydrogen) atoms. The third-order valence-corrected chi connectivity index (χ3v) is 3.07. The van der Waals surface area contributed by atoms with Gasteiger partial charge in [0, 0.05) is 5.69 Å². The monoisotopic (exact) mass is 243 g/mol. The van der Waals surface area contributed by atoms with Crippen molar-refractivity contribution in [3.05, 3.63) is 36.1 Å². The number of anilines is 3. The predicted octanol–water partition coefficient (Wildman–Crippen LogP) is 2.41. The number of hydrogen-bond donors (Lipinski definition) is 2. The maximum absolute atomic E-state index is 5.47. The highest BCUT2D eigenvalue weighted by molar-refractivity contribution is 7.16. The van der Waals surface area contributed by atoms with Gasteiger partial charge >= 0.3 is 0 Å². The third kappa shape index (κ3) is 2.02. The number of fused-ring (bicyclic) bond motifs is 1. The van der Waals surface area contributed by atoms with Gasteiger partial charge in [0.2, 0.25) is 0 Å². The zero-order valence-electron chi connectivity index (χ0n) is 8.79. The van der Waals surface area contributed by atoms with E-state index in [1.54, 1.807) is 17.5 Å². The summed E-state index contributed by atoms with van der Waals surface area (Å²) in [7, 11) is 0. The summed E-state index contributed by atoms with van der Waals surface area (Å²) in [5, 5.41) is 3.16. The zero-order chi connectivity index (χ0) is 11.7. The van der Waals surface area contributed by atoms with Crippen molar-refractivity contribution in [1.82, 2.24) is 15.0 Å². The van der Waals surface area contributed by atoms with Gasteiger partial charge in [-0.15, -0.1) is 11.3 Å². The number of nitrogens with zero attached hydrogens (tertiary/aromatic N) is 3. The van der Waals surface area contributed by atoms with Crippen LogP contribution in [0.1, 0.15) is 0 Å². The maximum atomic E-state index is 5.47. The Labute approximate surface area is 101 Å². The Hall–Kier alpha value is -2.21. The lowest BCUT2D eigenvalue weighted by Crippen LogP contribution is -1.96. The van der Waals surface area contributed by atoms with Gasteiger partial charge in [0.25, 0.3) is 0 Å². The molecule has 5 nitrogen and oxygen atoms in total. The molecule has 3 aromatic rings. The second-order valence-corrected chi connectivity index (χ2v) is 4.37. The van der Waals surface area contributed by atoms with Gasteiger partial charge in [-0.05, 0) is 18.2 Å². The minimum absolute atomic E-state index is 0.411. The molecular formula is C11H9N5S. The van der Waals surface area contributed by atoms with Gasteiger partial charge in [0.15, 0.2) is 0 Å². The van der Waals surface area contributed by atoms with Gasteiger partial charge < -0.3 is 11.1 Å². The molecule has 0 bridgehead atoms. The van der Waals surface area contributed by atoms with Gasteiger partial charge in [-0.1, -0.05) is 0 Å². The molecule has 0 amide bonds. The Balaban J connectivity index is 1.91. The van der Waals surface area contributed by atoms with Crippen molar-refractivity contribution < 1.29 is 0 Å². The number of aromatic nitrogens is 3. The standard InChI is InChI=1S/C11H9N5S/c12-10-4-14-11(5-13-10)16-7-1-2-8-9(3-7)17-6-15-8/h1-6H,(H2,12,13)(H,14,16). The van der Waals surface area contributed by atoms with Gasteiger partial charge in [0.1, 0.15) is 11.6 Å². The first kappa shape index (κ1) is 9.98. The van der Waals surface area contributed by atoms with Crippen molar-refractivity contribution in [2.24, 2.45) is 0 Å². The van der Waals surface area contributed by atoms with E-state index in [1.165, 1.54) is 6.20 Å². The lowest BCUT2D eigenvalue weighted by Gasteiger charge is -2.04. The van der Waals surface area contributed by atoms with Crippen LogP contribution in [-0.2, 0) is 0 Å². The average molecular weight is 243 g/mol.